The molecule has 0 radical (unpaired) electrons. The van der Waals surface area contributed by atoms with Gasteiger partial charge in [-0.2, -0.15) is 0 Å². The molecule has 0 aromatic heterocycles. The number of rotatable bonds is 5. The molecule has 0 atom stereocenters. The van der Waals surface area contributed by atoms with Crippen LogP contribution in [0.2, 0.25) is 0 Å². The number of halogens is 1. The van der Waals surface area contributed by atoms with Crippen molar-refractivity contribution in [3.63, 3.8) is 0 Å². The number of benzene rings is 1. The second kappa shape index (κ2) is 7.03. The number of nitrogens with zero attached hydrogens (tertiary/aromatic N) is 2. The summed E-state index contributed by atoms with van der Waals surface area (Å²) in [7, 11) is 3.98. The van der Waals surface area contributed by atoms with Gasteiger partial charge in [0.05, 0.1) is 5.56 Å². The Labute approximate surface area is 126 Å². The van der Waals surface area contributed by atoms with Gasteiger partial charge in [-0.1, -0.05) is 25.0 Å². The zero-order valence-electron chi connectivity index (χ0n) is 13.2. The summed E-state index contributed by atoms with van der Waals surface area (Å²) in [6.45, 7) is 3.16. The van der Waals surface area contributed by atoms with Crippen molar-refractivity contribution < 1.29 is 9.18 Å². The van der Waals surface area contributed by atoms with E-state index >= 15 is 0 Å². The van der Waals surface area contributed by atoms with Crippen LogP contribution in [0.15, 0.2) is 18.2 Å². The van der Waals surface area contributed by atoms with Crippen LogP contribution in [0.5, 0.6) is 0 Å². The number of carbonyl (C=O) groups excluding carboxylic acids is 1. The van der Waals surface area contributed by atoms with E-state index < -0.39 is 0 Å². The zero-order chi connectivity index (χ0) is 15.4. The van der Waals surface area contributed by atoms with E-state index in [9.17, 15) is 9.18 Å². The lowest BCUT2D eigenvalue weighted by molar-refractivity contribution is 0.0662. The van der Waals surface area contributed by atoms with Crippen molar-refractivity contribution in [2.75, 3.05) is 27.2 Å². The first-order chi connectivity index (χ1) is 10.0. The maximum atomic E-state index is 14.2. The predicted octanol–water partition coefficient (Wildman–Crippen LogP) is 3.08. The molecule has 116 valence electrons. The highest BCUT2D eigenvalue weighted by Crippen LogP contribution is 2.25. The summed E-state index contributed by atoms with van der Waals surface area (Å²) < 4.78 is 14.2. The third-order valence-corrected chi connectivity index (χ3v) is 4.24. The van der Waals surface area contributed by atoms with Crippen molar-refractivity contribution in [1.82, 2.24) is 9.80 Å². The number of amides is 1. The fraction of sp³-hybridized carbons (Fsp3) is 0.588. The van der Waals surface area contributed by atoms with Gasteiger partial charge in [0.15, 0.2) is 0 Å². The summed E-state index contributed by atoms with van der Waals surface area (Å²) in [4.78, 5) is 16.7. The van der Waals surface area contributed by atoms with Gasteiger partial charge in [0, 0.05) is 19.1 Å². The van der Waals surface area contributed by atoms with E-state index in [1.165, 1.54) is 0 Å². The summed E-state index contributed by atoms with van der Waals surface area (Å²) in [5, 5.41) is 0. The van der Waals surface area contributed by atoms with Crippen molar-refractivity contribution in [2.45, 2.75) is 38.6 Å². The molecule has 21 heavy (non-hydrogen) atoms. The van der Waals surface area contributed by atoms with Gasteiger partial charge >= 0.3 is 0 Å². The molecule has 0 heterocycles. The summed E-state index contributed by atoms with van der Waals surface area (Å²) in [5.41, 5.74) is 0.737. The molecule has 0 aliphatic heterocycles. The number of hydrogen-bond acceptors (Lipinski definition) is 2. The van der Waals surface area contributed by atoms with Crippen LogP contribution < -0.4 is 0 Å². The van der Waals surface area contributed by atoms with Gasteiger partial charge in [0.25, 0.3) is 5.91 Å². The fourth-order valence-corrected chi connectivity index (χ4v) is 2.94. The highest BCUT2D eigenvalue weighted by Gasteiger charge is 2.28. The molecule has 2 rings (SSSR count). The zero-order valence-corrected chi connectivity index (χ0v) is 13.2. The summed E-state index contributed by atoms with van der Waals surface area (Å²) in [5.74, 6) is -0.541. The second-order valence-electron chi connectivity index (χ2n) is 6.18. The van der Waals surface area contributed by atoms with Crippen molar-refractivity contribution >= 4 is 5.91 Å². The Balaban J connectivity index is 2.22. The number of aryl methyl sites for hydroxylation is 1. The summed E-state index contributed by atoms with van der Waals surface area (Å²) in [6, 6.07) is 5.32. The lowest BCUT2D eigenvalue weighted by atomic mass is 10.1. The molecule has 1 amide bonds. The Morgan fingerprint density at radius 3 is 2.52 bits per heavy atom. The smallest absolute Gasteiger partial charge is 0.257 e. The Bertz CT molecular complexity index is 496. The van der Waals surface area contributed by atoms with Crippen molar-refractivity contribution in [3.05, 3.63) is 35.1 Å². The van der Waals surface area contributed by atoms with E-state index in [4.69, 9.17) is 0 Å². The van der Waals surface area contributed by atoms with E-state index in [2.05, 4.69) is 4.90 Å². The van der Waals surface area contributed by atoms with E-state index in [1.807, 2.05) is 19.0 Å². The molecule has 1 fully saturated rings. The third-order valence-electron chi connectivity index (χ3n) is 4.24. The minimum atomic E-state index is -0.379. The lowest BCUT2D eigenvalue weighted by Gasteiger charge is -2.30. The SMILES string of the molecule is Cc1cccc(C(=O)N(CCN(C)C)C2CCCC2)c1F. The normalized spacial score (nSPS) is 15.7. The largest absolute Gasteiger partial charge is 0.334 e. The standard InChI is InChI=1S/C17H25FN2O/c1-13-7-6-10-15(16(13)18)17(21)20(12-11-19(2)3)14-8-4-5-9-14/h6-7,10,14H,4-5,8-9,11-12H2,1-3H3. The molecule has 0 bridgehead atoms. The second-order valence-corrected chi connectivity index (χ2v) is 6.18. The van der Waals surface area contributed by atoms with Crippen molar-refractivity contribution in [1.29, 1.82) is 0 Å². The molecule has 1 aliphatic rings. The van der Waals surface area contributed by atoms with Crippen LogP contribution in [0, 0.1) is 12.7 Å². The number of hydrogen-bond donors (Lipinski definition) is 0. The maximum Gasteiger partial charge on any atom is 0.257 e. The first kappa shape index (κ1) is 16.0. The first-order valence-corrected chi connectivity index (χ1v) is 7.71. The Morgan fingerprint density at radius 1 is 1.24 bits per heavy atom. The highest BCUT2D eigenvalue weighted by atomic mass is 19.1. The Hall–Kier alpha value is -1.42. The molecule has 3 nitrogen and oxygen atoms in total. The van der Waals surface area contributed by atoms with E-state index in [-0.39, 0.29) is 23.3 Å². The molecule has 1 saturated carbocycles. The van der Waals surface area contributed by atoms with Crippen LogP contribution in [0.3, 0.4) is 0 Å². The average Bonchev–Trinajstić information content (AvgIpc) is 2.95. The molecule has 1 aliphatic carbocycles. The maximum absolute atomic E-state index is 14.2. The molecule has 0 saturated heterocycles. The van der Waals surface area contributed by atoms with Gasteiger partial charge in [-0.25, -0.2) is 4.39 Å². The van der Waals surface area contributed by atoms with Crippen molar-refractivity contribution in [2.24, 2.45) is 0 Å². The fourth-order valence-electron chi connectivity index (χ4n) is 2.94. The van der Waals surface area contributed by atoms with Crippen LogP contribution in [0.1, 0.15) is 41.6 Å². The van der Waals surface area contributed by atoms with Crippen LogP contribution in [-0.4, -0.2) is 48.9 Å². The first-order valence-electron chi connectivity index (χ1n) is 7.71. The molecule has 1 aromatic carbocycles. The Morgan fingerprint density at radius 2 is 1.90 bits per heavy atom. The van der Waals surface area contributed by atoms with Gasteiger partial charge in [-0.15, -0.1) is 0 Å². The van der Waals surface area contributed by atoms with Gasteiger partial charge in [0.2, 0.25) is 0 Å². The molecule has 0 unspecified atom stereocenters. The number of likely N-dealkylation sites (N-methyl/N-ethyl adjacent to an activating group) is 1. The molecule has 4 heteroatoms. The topological polar surface area (TPSA) is 23.6 Å². The average molecular weight is 292 g/mol. The predicted molar refractivity (Wildman–Crippen MR) is 83.0 cm³/mol. The monoisotopic (exact) mass is 292 g/mol. The number of carbonyl (C=O) groups is 1. The van der Waals surface area contributed by atoms with E-state index in [1.54, 1.807) is 25.1 Å². The quantitative estimate of drug-likeness (QED) is 0.832. The Kier molecular flexibility index (Phi) is 5.34. The minimum absolute atomic E-state index is 0.162. The van der Waals surface area contributed by atoms with Gasteiger partial charge in [-0.3, -0.25) is 4.79 Å². The molecular weight excluding hydrogens is 267 g/mol. The van der Waals surface area contributed by atoms with Gasteiger partial charge < -0.3 is 9.80 Å². The summed E-state index contributed by atoms with van der Waals surface area (Å²) in [6.07, 6.45) is 4.39. The minimum Gasteiger partial charge on any atom is -0.334 e. The van der Waals surface area contributed by atoms with Gasteiger partial charge in [-0.05, 0) is 45.5 Å². The van der Waals surface area contributed by atoms with E-state index in [0.29, 0.717) is 12.1 Å². The molecule has 0 spiro atoms. The summed E-state index contributed by atoms with van der Waals surface area (Å²) >= 11 is 0. The van der Waals surface area contributed by atoms with Gasteiger partial charge in [0.1, 0.15) is 5.82 Å². The molecule has 1 aromatic rings. The van der Waals surface area contributed by atoms with Crippen molar-refractivity contribution in [3.8, 4) is 0 Å². The molecule has 0 N–H and O–H groups in total. The van der Waals surface area contributed by atoms with Crippen LogP contribution in [0.4, 0.5) is 4.39 Å². The van der Waals surface area contributed by atoms with Crippen LogP contribution in [0.25, 0.3) is 0 Å². The van der Waals surface area contributed by atoms with E-state index in [0.717, 1.165) is 32.2 Å². The highest BCUT2D eigenvalue weighted by molar-refractivity contribution is 5.95. The molecular formula is C17H25FN2O. The van der Waals surface area contributed by atoms with Crippen LogP contribution in [-0.2, 0) is 0 Å². The lowest BCUT2D eigenvalue weighted by Crippen LogP contribution is -2.43. The van der Waals surface area contributed by atoms with Crippen LogP contribution >= 0.6 is 0 Å². The third kappa shape index (κ3) is 3.82.